The van der Waals surface area contributed by atoms with Crippen LogP contribution in [0.15, 0.2) is 0 Å². The molecule has 2 atom stereocenters. The minimum absolute atomic E-state index is 0.0486. The Morgan fingerprint density at radius 1 is 1.29 bits per heavy atom. The van der Waals surface area contributed by atoms with Gasteiger partial charge in [-0.25, -0.2) is 0 Å². The van der Waals surface area contributed by atoms with E-state index < -0.39 is 5.41 Å². The minimum Gasteiger partial charge on any atom is -0.378 e. The van der Waals surface area contributed by atoms with Crippen molar-refractivity contribution in [3.05, 3.63) is 0 Å². The SMILES string of the molecule is CCOC1CC(NC(=O)C2(C#N)CCCCCC2)C1(C)C. The molecule has 1 amide bonds. The maximum absolute atomic E-state index is 12.7. The second kappa shape index (κ2) is 6.36. The Balaban J connectivity index is 1.99. The molecule has 2 rings (SSSR count). The van der Waals surface area contributed by atoms with E-state index >= 15 is 0 Å². The van der Waals surface area contributed by atoms with Crippen molar-refractivity contribution in [2.45, 2.75) is 77.9 Å². The van der Waals surface area contributed by atoms with Crippen LogP contribution in [0.4, 0.5) is 0 Å². The molecular weight excluding hydrogens is 264 g/mol. The summed E-state index contributed by atoms with van der Waals surface area (Å²) in [7, 11) is 0. The summed E-state index contributed by atoms with van der Waals surface area (Å²) in [5.41, 5.74) is -0.851. The van der Waals surface area contributed by atoms with E-state index in [-0.39, 0.29) is 23.5 Å². The van der Waals surface area contributed by atoms with E-state index in [2.05, 4.69) is 25.2 Å². The largest absolute Gasteiger partial charge is 0.378 e. The molecule has 0 aromatic carbocycles. The zero-order chi connectivity index (χ0) is 15.5. The molecule has 0 spiro atoms. The molecule has 2 saturated carbocycles. The molecule has 4 heteroatoms. The first kappa shape index (κ1) is 16.3. The number of nitrogens with one attached hydrogen (secondary N) is 1. The Bertz CT molecular complexity index is 417. The highest BCUT2D eigenvalue weighted by molar-refractivity contribution is 5.85. The van der Waals surface area contributed by atoms with Gasteiger partial charge in [0.25, 0.3) is 0 Å². The van der Waals surface area contributed by atoms with Gasteiger partial charge in [-0.15, -0.1) is 0 Å². The van der Waals surface area contributed by atoms with Gasteiger partial charge in [-0.1, -0.05) is 39.5 Å². The van der Waals surface area contributed by atoms with Gasteiger partial charge in [-0.05, 0) is 26.2 Å². The summed E-state index contributed by atoms with van der Waals surface area (Å²) in [6.07, 6.45) is 6.71. The van der Waals surface area contributed by atoms with Crippen LogP contribution in [0.1, 0.15) is 65.7 Å². The molecule has 0 heterocycles. The molecule has 0 radical (unpaired) electrons. The summed E-state index contributed by atoms with van der Waals surface area (Å²) in [6, 6.07) is 2.45. The number of nitrogens with zero attached hydrogens (tertiary/aromatic N) is 1. The van der Waals surface area contributed by atoms with Gasteiger partial charge in [0, 0.05) is 18.1 Å². The monoisotopic (exact) mass is 292 g/mol. The van der Waals surface area contributed by atoms with E-state index in [1.54, 1.807) is 0 Å². The average Bonchev–Trinajstić information content (AvgIpc) is 2.72. The van der Waals surface area contributed by atoms with Crippen molar-refractivity contribution in [1.82, 2.24) is 5.32 Å². The molecule has 2 fully saturated rings. The second-order valence-electron chi connectivity index (χ2n) is 7.14. The molecule has 0 aromatic rings. The lowest BCUT2D eigenvalue weighted by Crippen LogP contribution is -2.63. The number of carbonyl (C=O) groups is 1. The van der Waals surface area contributed by atoms with Crippen molar-refractivity contribution in [2.75, 3.05) is 6.61 Å². The third kappa shape index (κ3) is 3.08. The normalized spacial score (nSPS) is 30.6. The number of nitriles is 1. The van der Waals surface area contributed by atoms with Crippen molar-refractivity contribution >= 4 is 5.91 Å². The standard InChI is InChI=1S/C17H28N2O2/c1-4-21-14-11-13(16(14,2)3)19-15(20)17(12-18)9-7-5-6-8-10-17/h13-14H,4-11H2,1-3H3,(H,19,20). The van der Waals surface area contributed by atoms with E-state index in [0.717, 1.165) is 32.1 Å². The van der Waals surface area contributed by atoms with Gasteiger partial charge in [0.05, 0.1) is 12.2 Å². The predicted octanol–water partition coefficient (Wildman–Crippen LogP) is 3.17. The van der Waals surface area contributed by atoms with E-state index in [1.807, 2.05) is 6.92 Å². The maximum Gasteiger partial charge on any atom is 0.240 e. The summed E-state index contributed by atoms with van der Waals surface area (Å²) in [5, 5.41) is 12.7. The molecule has 4 nitrogen and oxygen atoms in total. The molecule has 21 heavy (non-hydrogen) atoms. The molecule has 0 aromatic heterocycles. The summed E-state index contributed by atoms with van der Waals surface area (Å²) in [4.78, 5) is 12.7. The number of carbonyl (C=O) groups excluding carboxylic acids is 1. The number of amides is 1. The summed E-state index contributed by atoms with van der Waals surface area (Å²) >= 11 is 0. The van der Waals surface area contributed by atoms with Gasteiger partial charge < -0.3 is 10.1 Å². The molecule has 2 unspecified atom stereocenters. The van der Waals surface area contributed by atoms with Crippen LogP contribution in [0.3, 0.4) is 0 Å². The molecule has 118 valence electrons. The Morgan fingerprint density at radius 3 is 2.38 bits per heavy atom. The highest BCUT2D eigenvalue weighted by Crippen LogP contribution is 2.44. The van der Waals surface area contributed by atoms with E-state index in [1.165, 1.54) is 0 Å². The molecule has 0 bridgehead atoms. The zero-order valence-corrected chi connectivity index (χ0v) is 13.6. The summed E-state index contributed by atoms with van der Waals surface area (Å²) in [6.45, 7) is 6.97. The molecule has 0 aliphatic heterocycles. The first-order valence-corrected chi connectivity index (χ1v) is 8.30. The van der Waals surface area contributed by atoms with Crippen molar-refractivity contribution < 1.29 is 9.53 Å². The van der Waals surface area contributed by atoms with Crippen LogP contribution in [-0.4, -0.2) is 24.7 Å². The number of rotatable bonds is 4. The fourth-order valence-electron chi connectivity index (χ4n) is 3.63. The summed E-state index contributed by atoms with van der Waals surface area (Å²) < 4.78 is 5.71. The van der Waals surface area contributed by atoms with E-state index in [9.17, 15) is 10.1 Å². The van der Waals surface area contributed by atoms with Crippen molar-refractivity contribution in [3.63, 3.8) is 0 Å². The third-order valence-corrected chi connectivity index (χ3v) is 5.46. The average molecular weight is 292 g/mol. The molecule has 1 N–H and O–H groups in total. The lowest BCUT2D eigenvalue weighted by molar-refractivity contribution is -0.142. The fraction of sp³-hybridized carbons (Fsp3) is 0.882. The van der Waals surface area contributed by atoms with Gasteiger partial charge in [0.15, 0.2) is 0 Å². The second-order valence-corrected chi connectivity index (χ2v) is 7.14. The van der Waals surface area contributed by atoms with Crippen molar-refractivity contribution in [1.29, 1.82) is 5.26 Å². The van der Waals surface area contributed by atoms with Crippen LogP contribution in [0, 0.1) is 22.2 Å². The Hall–Kier alpha value is -1.08. The van der Waals surface area contributed by atoms with E-state index in [4.69, 9.17) is 4.74 Å². The van der Waals surface area contributed by atoms with Crippen LogP contribution in [-0.2, 0) is 9.53 Å². The molecule has 0 saturated heterocycles. The minimum atomic E-state index is -0.802. The van der Waals surface area contributed by atoms with E-state index in [0.29, 0.717) is 19.4 Å². The first-order chi connectivity index (χ1) is 9.96. The number of ether oxygens (including phenoxy) is 1. The first-order valence-electron chi connectivity index (χ1n) is 8.30. The zero-order valence-electron chi connectivity index (χ0n) is 13.6. The van der Waals surface area contributed by atoms with Gasteiger partial charge in [0.1, 0.15) is 5.41 Å². The molecule has 2 aliphatic carbocycles. The van der Waals surface area contributed by atoms with Crippen molar-refractivity contribution in [2.24, 2.45) is 10.8 Å². The van der Waals surface area contributed by atoms with Crippen molar-refractivity contribution in [3.8, 4) is 6.07 Å². The molecule has 2 aliphatic rings. The van der Waals surface area contributed by atoms with Crippen LogP contribution >= 0.6 is 0 Å². The van der Waals surface area contributed by atoms with Gasteiger partial charge in [-0.2, -0.15) is 5.26 Å². The lowest BCUT2D eigenvalue weighted by atomic mass is 9.64. The highest BCUT2D eigenvalue weighted by Gasteiger charge is 2.51. The highest BCUT2D eigenvalue weighted by atomic mass is 16.5. The Labute approximate surface area is 128 Å². The number of hydrogen-bond acceptors (Lipinski definition) is 3. The predicted molar refractivity (Wildman–Crippen MR) is 81.5 cm³/mol. The van der Waals surface area contributed by atoms with Crippen LogP contribution in [0.25, 0.3) is 0 Å². The van der Waals surface area contributed by atoms with Crippen LogP contribution in [0.2, 0.25) is 0 Å². The Morgan fingerprint density at radius 2 is 1.90 bits per heavy atom. The maximum atomic E-state index is 12.7. The Kier molecular flexibility index (Phi) is 4.93. The van der Waals surface area contributed by atoms with Crippen LogP contribution < -0.4 is 5.32 Å². The van der Waals surface area contributed by atoms with Crippen LogP contribution in [0.5, 0.6) is 0 Å². The summed E-state index contributed by atoms with van der Waals surface area (Å²) in [5.74, 6) is -0.0556. The molecular formula is C17H28N2O2. The van der Waals surface area contributed by atoms with Gasteiger partial charge >= 0.3 is 0 Å². The van der Waals surface area contributed by atoms with Gasteiger partial charge in [0.2, 0.25) is 5.91 Å². The van der Waals surface area contributed by atoms with Gasteiger partial charge in [-0.3, -0.25) is 4.79 Å². The number of hydrogen-bond donors (Lipinski definition) is 1. The third-order valence-electron chi connectivity index (χ3n) is 5.46. The quantitative estimate of drug-likeness (QED) is 0.810. The fourth-order valence-corrected chi connectivity index (χ4v) is 3.63. The topological polar surface area (TPSA) is 62.1 Å². The lowest BCUT2D eigenvalue weighted by Gasteiger charge is -2.52. The smallest absolute Gasteiger partial charge is 0.240 e.